The minimum absolute atomic E-state index is 0.296. The fourth-order valence-electron chi connectivity index (χ4n) is 3.44. The van der Waals surface area contributed by atoms with Gasteiger partial charge in [0.1, 0.15) is 5.84 Å². The molecule has 1 aliphatic carbocycles. The van der Waals surface area contributed by atoms with E-state index in [-0.39, 0.29) is 0 Å². The van der Waals surface area contributed by atoms with E-state index in [4.69, 9.17) is 21.6 Å². The Bertz CT molecular complexity index is 790. The fraction of sp³-hybridized carbons (Fsp3) is 0.389. The van der Waals surface area contributed by atoms with Crippen molar-refractivity contribution >= 4 is 29.1 Å². The third-order valence-corrected chi connectivity index (χ3v) is 4.91. The number of aromatic nitrogens is 2. The molecule has 2 aromatic rings. The lowest BCUT2D eigenvalue weighted by Crippen LogP contribution is -2.38. The quantitative estimate of drug-likeness (QED) is 0.859. The Morgan fingerprint density at radius 2 is 1.96 bits per heavy atom. The van der Waals surface area contributed by atoms with Crippen LogP contribution in [0.1, 0.15) is 36.9 Å². The number of H-pyrrole nitrogens is 1. The predicted octanol–water partition coefficient (Wildman–Crippen LogP) is 4.20. The average molecular weight is 342 g/mol. The first-order chi connectivity index (χ1) is 11.7. The van der Waals surface area contributed by atoms with Crippen molar-refractivity contribution in [2.24, 2.45) is 15.9 Å². The maximum Gasteiger partial charge on any atom is 0.156 e. The Morgan fingerprint density at radius 3 is 2.71 bits per heavy atom. The van der Waals surface area contributed by atoms with Crippen molar-refractivity contribution in [2.45, 2.75) is 38.6 Å². The number of aromatic amines is 1. The molecule has 1 saturated carbocycles. The van der Waals surface area contributed by atoms with Crippen LogP contribution in [0.5, 0.6) is 0 Å². The summed E-state index contributed by atoms with van der Waals surface area (Å²) in [5, 5.41) is 11.4. The van der Waals surface area contributed by atoms with E-state index >= 15 is 0 Å². The van der Waals surface area contributed by atoms with Gasteiger partial charge in [-0.25, -0.2) is 4.99 Å². The van der Waals surface area contributed by atoms with Crippen LogP contribution in [0.25, 0.3) is 0 Å². The van der Waals surface area contributed by atoms with E-state index in [1.165, 1.54) is 12.8 Å². The Morgan fingerprint density at radius 1 is 1.17 bits per heavy atom. The van der Waals surface area contributed by atoms with Gasteiger partial charge in [-0.15, -0.1) is 0 Å². The average Bonchev–Trinajstić information content (AvgIpc) is 3.00. The van der Waals surface area contributed by atoms with Crippen molar-refractivity contribution in [3.63, 3.8) is 0 Å². The van der Waals surface area contributed by atoms with Gasteiger partial charge in [0, 0.05) is 28.3 Å². The van der Waals surface area contributed by atoms with Crippen LogP contribution in [0.3, 0.4) is 0 Å². The number of fused-ring (bicyclic) bond motifs is 1. The Kier molecular flexibility index (Phi) is 4.10. The number of halogens is 1. The lowest BCUT2D eigenvalue weighted by atomic mass is 9.83. The van der Waals surface area contributed by atoms with E-state index < -0.39 is 0 Å². The van der Waals surface area contributed by atoms with Crippen LogP contribution in [0.2, 0.25) is 5.02 Å². The van der Waals surface area contributed by atoms with E-state index in [2.05, 4.69) is 15.5 Å². The number of anilines is 1. The summed E-state index contributed by atoms with van der Waals surface area (Å²) in [5.41, 5.74) is 2.03. The second kappa shape index (κ2) is 6.40. The second-order valence-corrected chi connectivity index (χ2v) is 6.91. The molecular weight excluding hydrogens is 322 g/mol. The molecule has 1 aromatic heterocycles. The Hall–Kier alpha value is -2.14. The standard InChI is InChI=1S/C18H20ClN5/c1-11-10-16(24-23-11)21-18-14-4-2-3-5-15(14)20-17(22-18)12-6-8-13(19)9-7-12/h6-10,14-15H,2-5H2,1H3,(H2,20,21,22,23,24). The summed E-state index contributed by atoms with van der Waals surface area (Å²) in [6.07, 6.45) is 4.69. The number of aliphatic imine (C=N–C) groups is 2. The van der Waals surface area contributed by atoms with Gasteiger partial charge in [-0.3, -0.25) is 10.1 Å². The lowest BCUT2D eigenvalue weighted by molar-refractivity contribution is 0.378. The number of aryl methyl sites for hydroxylation is 1. The number of nitrogens with zero attached hydrogens (tertiary/aromatic N) is 3. The summed E-state index contributed by atoms with van der Waals surface area (Å²) in [6.45, 7) is 1.99. The van der Waals surface area contributed by atoms with Crippen LogP contribution in [-0.4, -0.2) is 27.9 Å². The lowest BCUT2D eigenvalue weighted by Gasteiger charge is -2.33. The zero-order valence-electron chi connectivity index (χ0n) is 13.6. The summed E-state index contributed by atoms with van der Waals surface area (Å²) in [4.78, 5) is 9.75. The van der Waals surface area contributed by atoms with E-state index in [0.717, 1.165) is 46.6 Å². The first-order valence-electron chi connectivity index (χ1n) is 8.40. The summed E-state index contributed by atoms with van der Waals surface area (Å²) >= 11 is 6.00. The minimum Gasteiger partial charge on any atom is -0.327 e. The molecule has 4 rings (SSSR count). The van der Waals surface area contributed by atoms with Gasteiger partial charge in [0.15, 0.2) is 11.7 Å². The first kappa shape index (κ1) is 15.4. The molecule has 5 nitrogen and oxygen atoms in total. The number of hydrogen-bond acceptors (Lipinski definition) is 4. The van der Waals surface area contributed by atoms with Gasteiger partial charge in [-0.05, 0) is 44.0 Å². The number of benzene rings is 1. The van der Waals surface area contributed by atoms with Crippen molar-refractivity contribution in [3.8, 4) is 0 Å². The number of amidine groups is 2. The zero-order chi connectivity index (χ0) is 16.5. The van der Waals surface area contributed by atoms with Gasteiger partial charge in [0.25, 0.3) is 0 Å². The number of rotatable bonds is 2. The smallest absolute Gasteiger partial charge is 0.156 e. The molecule has 2 unspecified atom stereocenters. The highest BCUT2D eigenvalue weighted by Gasteiger charge is 2.33. The minimum atomic E-state index is 0.296. The number of nitrogens with one attached hydrogen (secondary N) is 2. The van der Waals surface area contributed by atoms with E-state index in [9.17, 15) is 0 Å². The van der Waals surface area contributed by atoms with Crippen molar-refractivity contribution in [2.75, 3.05) is 5.32 Å². The van der Waals surface area contributed by atoms with Crippen molar-refractivity contribution in [1.82, 2.24) is 10.2 Å². The highest BCUT2D eigenvalue weighted by atomic mass is 35.5. The summed E-state index contributed by atoms with van der Waals surface area (Å²) in [5.74, 6) is 2.93. The maximum absolute atomic E-state index is 6.00. The molecule has 24 heavy (non-hydrogen) atoms. The molecule has 6 heteroatoms. The molecule has 1 aromatic carbocycles. The monoisotopic (exact) mass is 341 g/mol. The molecule has 2 aliphatic rings. The van der Waals surface area contributed by atoms with Crippen molar-refractivity contribution in [3.05, 3.63) is 46.6 Å². The molecule has 2 N–H and O–H groups in total. The predicted molar refractivity (Wildman–Crippen MR) is 98.1 cm³/mol. The van der Waals surface area contributed by atoms with E-state index in [1.807, 2.05) is 37.3 Å². The van der Waals surface area contributed by atoms with Crippen molar-refractivity contribution < 1.29 is 0 Å². The third-order valence-electron chi connectivity index (χ3n) is 4.66. The molecular formula is C18H20ClN5. The van der Waals surface area contributed by atoms with Crippen LogP contribution in [-0.2, 0) is 0 Å². The van der Waals surface area contributed by atoms with Crippen LogP contribution >= 0.6 is 11.6 Å². The maximum atomic E-state index is 6.00. The van der Waals surface area contributed by atoms with Crippen LogP contribution in [0.15, 0.2) is 40.3 Å². The molecule has 0 spiro atoms. The van der Waals surface area contributed by atoms with Crippen LogP contribution in [0, 0.1) is 12.8 Å². The highest BCUT2D eigenvalue weighted by Crippen LogP contribution is 2.32. The summed E-state index contributed by atoms with van der Waals surface area (Å²) in [6, 6.07) is 10.0. The Labute approximate surface area is 146 Å². The summed E-state index contributed by atoms with van der Waals surface area (Å²) in [7, 11) is 0. The molecule has 0 bridgehead atoms. The van der Waals surface area contributed by atoms with E-state index in [1.54, 1.807) is 0 Å². The van der Waals surface area contributed by atoms with Gasteiger partial charge < -0.3 is 5.32 Å². The van der Waals surface area contributed by atoms with Gasteiger partial charge in [0.05, 0.1) is 6.04 Å². The van der Waals surface area contributed by atoms with Crippen LogP contribution in [0.4, 0.5) is 5.82 Å². The topological polar surface area (TPSA) is 65.4 Å². The van der Waals surface area contributed by atoms with E-state index in [0.29, 0.717) is 12.0 Å². The molecule has 2 heterocycles. The SMILES string of the molecule is Cc1cc(NC2=NC(c3ccc(Cl)cc3)=NC3CCCCC23)n[nH]1. The van der Waals surface area contributed by atoms with Gasteiger partial charge in [-0.1, -0.05) is 24.4 Å². The molecule has 0 amide bonds. The largest absolute Gasteiger partial charge is 0.327 e. The molecule has 2 atom stereocenters. The second-order valence-electron chi connectivity index (χ2n) is 6.48. The number of hydrogen-bond donors (Lipinski definition) is 2. The van der Waals surface area contributed by atoms with Gasteiger partial charge in [-0.2, -0.15) is 5.10 Å². The molecule has 1 aliphatic heterocycles. The van der Waals surface area contributed by atoms with Crippen molar-refractivity contribution in [1.29, 1.82) is 0 Å². The Balaban J connectivity index is 1.68. The zero-order valence-corrected chi connectivity index (χ0v) is 14.3. The summed E-state index contributed by atoms with van der Waals surface area (Å²) < 4.78 is 0. The third kappa shape index (κ3) is 3.08. The molecule has 0 saturated heterocycles. The van der Waals surface area contributed by atoms with Crippen LogP contribution < -0.4 is 5.32 Å². The highest BCUT2D eigenvalue weighted by molar-refractivity contribution is 6.30. The molecule has 124 valence electrons. The van der Waals surface area contributed by atoms with Gasteiger partial charge >= 0.3 is 0 Å². The fourth-order valence-corrected chi connectivity index (χ4v) is 3.57. The molecule has 1 fully saturated rings. The van der Waals surface area contributed by atoms with Gasteiger partial charge in [0.2, 0.25) is 0 Å². The normalized spacial score (nSPS) is 23.2. The molecule has 0 radical (unpaired) electrons. The first-order valence-corrected chi connectivity index (χ1v) is 8.78.